The molecule has 1 fully saturated rings. The van der Waals surface area contributed by atoms with Gasteiger partial charge in [-0.2, -0.15) is 10.1 Å². The Kier molecular flexibility index (Phi) is 4.75. The van der Waals surface area contributed by atoms with Crippen LogP contribution >= 0.6 is 0 Å². The van der Waals surface area contributed by atoms with Crippen molar-refractivity contribution in [3.05, 3.63) is 42.7 Å². The second-order valence-electron chi connectivity index (χ2n) is 7.28. The molecule has 1 saturated carbocycles. The van der Waals surface area contributed by atoms with Crippen LogP contribution in [0.15, 0.2) is 42.7 Å². The molecular weight excluding hydrogens is 340 g/mol. The summed E-state index contributed by atoms with van der Waals surface area (Å²) in [6.07, 6.45) is 7.29. The van der Waals surface area contributed by atoms with Crippen LogP contribution in [0.5, 0.6) is 0 Å². The Morgan fingerprint density at radius 2 is 1.93 bits per heavy atom. The van der Waals surface area contributed by atoms with E-state index in [4.69, 9.17) is 0 Å². The summed E-state index contributed by atoms with van der Waals surface area (Å²) in [5, 5.41) is 8.97. The first-order chi connectivity index (χ1) is 13.1. The maximum atomic E-state index is 12.1. The SMILES string of the molecule is CN(C)C(=O)C1CCC(Nc2nccc(-n3ncc4ccccc43)n2)CC1. The summed E-state index contributed by atoms with van der Waals surface area (Å²) in [5.41, 5.74) is 1.02. The summed E-state index contributed by atoms with van der Waals surface area (Å²) in [5.74, 6) is 1.72. The number of carbonyl (C=O) groups excluding carboxylic acids is 1. The van der Waals surface area contributed by atoms with Gasteiger partial charge in [0.1, 0.15) is 0 Å². The van der Waals surface area contributed by atoms with Crippen molar-refractivity contribution in [2.24, 2.45) is 5.92 Å². The Bertz CT molecular complexity index is 942. The molecule has 3 aromatic rings. The molecule has 0 bridgehead atoms. The second kappa shape index (κ2) is 7.34. The summed E-state index contributed by atoms with van der Waals surface area (Å²) in [4.78, 5) is 22.8. The van der Waals surface area contributed by atoms with Crippen LogP contribution in [0.4, 0.5) is 5.95 Å². The highest BCUT2D eigenvalue weighted by Gasteiger charge is 2.27. The summed E-state index contributed by atoms with van der Waals surface area (Å²) in [7, 11) is 3.65. The zero-order chi connectivity index (χ0) is 18.8. The van der Waals surface area contributed by atoms with E-state index in [1.165, 1.54) is 0 Å². The van der Waals surface area contributed by atoms with Crippen molar-refractivity contribution in [1.82, 2.24) is 24.6 Å². The van der Waals surface area contributed by atoms with Crippen LogP contribution in [-0.2, 0) is 4.79 Å². The van der Waals surface area contributed by atoms with E-state index < -0.39 is 0 Å². The van der Waals surface area contributed by atoms with Gasteiger partial charge < -0.3 is 10.2 Å². The van der Waals surface area contributed by atoms with Crippen molar-refractivity contribution >= 4 is 22.8 Å². The van der Waals surface area contributed by atoms with Gasteiger partial charge >= 0.3 is 0 Å². The quantitative estimate of drug-likeness (QED) is 0.770. The van der Waals surface area contributed by atoms with Gasteiger partial charge in [0.15, 0.2) is 5.82 Å². The molecule has 4 rings (SSSR count). The molecule has 27 heavy (non-hydrogen) atoms. The summed E-state index contributed by atoms with van der Waals surface area (Å²) < 4.78 is 1.83. The number of nitrogens with one attached hydrogen (secondary N) is 1. The molecule has 7 heteroatoms. The smallest absolute Gasteiger partial charge is 0.225 e. The molecule has 0 radical (unpaired) electrons. The lowest BCUT2D eigenvalue weighted by Crippen LogP contribution is -2.35. The maximum absolute atomic E-state index is 12.1. The van der Waals surface area contributed by atoms with Crippen molar-refractivity contribution in [2.75, 3.05) is 19.4 Å². The van der Waals surface area contributed by atoms with Crippen molar-refractivity contribution in [2.45, 2.75) is 31.7 Å². The Hall–Kier alpha value is -2.96. The minimum absolute atomic E-state index is 0.140. The highest BCUT2D eigenvalue weighted by atomic mass is 16.2. The van der Waals surface area contributed by atoms with Crippen LogP contribution in [0.25, 0.3) is 16.7 Å². The standard InChI is InChI=1S/C20H24N6O/c1-25(2)19(27)14-7-9-16(10-8-14)23-20-21-12-11-18(24-20)26-17-6-4-3-5-15(17)13-22-26/h3-6,11-14,16H,7-10H2,1-2H3,(H,21,23,24). The Morgan fingerprint density at radius 3 is 2.70 bits per heavy atom. The van der Waals surface area contributed by atoms with Crippen LogP contribution < -0.4 is 5.32 Å². The van der Waals surface area contributed by atoms with E-state index in [9.17, 15) is 4.79 Å². The maximum Gasteiger partial charge on any atom is 0.225 e. The molecule has 0 unspecified atom stereocenters. The van der Waals surface area contributed by atoms with E-state index in [1.807, 2.05) is 55.3 Å². The fourth-order valence-corrected chi connectivity index (χ4v) is 3.72. The predicted molar refractivity (Wildman–Crippen MR) is 105 cm³/mol. The third-order valence-corrected chi connectivity index (χ3v) is 5.19. The van der Waals surface area contributed by atoms with Crippen LogP contribution in [-0.4, -0.2) is 50.7 Å². The van der Waals surface area contributed by atoms with Crippen molar-refractivity contribution < 1.29 is 4.79 Å². The van der Waals surface area contributed by atoms with Gasteiger partial charge in [-0.3, -0.25) is 4.79 Å². The molecule has 0 saturated heterocycles. The van der Waals surface area contributed by atoms with Crippen LogP contribution in [0.1, 0.15) is 25.7 Å². The monoisotopic (exact) mass is 364 g/mol. The molecular formula is C20H24N6O. The third-order valence-electron chi connectivity index (χ3n) is 5.19. The Balaban J connectivity index is 1.46. The number of hydrogen-bond donors (Lipinski definition) is 1. The lowest BCUT2D eigenvalue weighted by molar-refractivity contribution is -0.133. The number of para-hydroxylation sites is 1. The normalized spacial score (nSPS) is 19.8. The van der Waals surface area contributed by atoms with Gasteiger partial charge in [-0.1, -0.05) is 18.2 Å². The highest BCUT2D eigenvalue weighted by molar-refractivity contribution is 5.80. The van der Waals surface area contributed by atoms with E-state index in [-0.39, 0.29) is 11.8 Å². The average Bonchev–Trinajstić information content (AvgIpc) is 3.12. The predicted octanol–water partition coefficient (Wildman–Crippen LogP) is 2.87. The van der Waals surface area contributed by atoms with Crippen LogP contribution in [0, 0.1) is 5.92 Å². The molecule has 0 aliphatic heterocycles. The van der Waals surface area contributed by atoms with Gasteiger partial charge in [0, 0.05) is 43.7 Å². The highest BCUT2D eigenvalue weighted by Crippen LogP contribution is 2.27. The number of hydrogen-bond acceptors (Lipinski definition) is 5. The van der Waals surface area contributed by atoms with Gasteiger partial charge in [0.2, 0.25) is 11.9 Å². The summed E-state index contributed by atoms with van der Waals surface area (Å²) >= 11 is 0. The van der Waals surface area contributed by atoms with E-state index in [1.54, 1.807) is 11.1 Å². The molecule has 0 spiro atoms. The average molecular weight is 364 g/mol. The summed E-state index contributed by atoms with van der Waals surface area (Å²) in [6, 6.07) is 10.2. The number of aromatic nitrogens is 4. The number of carbonyl (C=O) groups is 1. The first-order valence-electron chi connectivity index (χ1n) is 9.35. The number of anilines is 1. The van der Waals surface area contributed by atoms with E-state index >= 15 is 0 Å². The fraction of sp³-hybridized carbons (Fsp3) is 0.400. The minimum Gasteiger partial charge on any atom is -0.351 e. The Labute approximate surface area is 158 Å². The lowest BCUT2D eigenvalue weighted by Gasteiger charge is -2.29. The molecule has 1 aromatic carbocycles. The van der Waals surface area contributed by atoms with Crippen LogP contribution in [0.2, 0.25) is 0 Å². The van der Waals surface area contributed by atoms with Gasteiger partial charge in [-0.15, -0.1) is 0 Å². The first kappa shape index (κ1) is 17.5. The number of fused-ring (bicyclic) bond motifs is 1. The van der Waals surface area contributed by atoms with E-state index in [0.717, 1.165) is 42.4 Å². The molecule has 7 nitrogen and oxygen atoms in total. The van der Waals surface area contributed by atoms with E-state index in [2.05, 4.69) is 20.4 Å². The molecule has 1 amide bonds. The van der Waals surface area contributed by atoms with Gasteiger partial charge in [-0.25, -0.2) is 9.67 Å². The molecule has 1 N–H and O–H groups in total. The second-order valence-corrected chi connectivity index (χ2v) is 7.28. The first-order valence-corrected chi connectivity index (χ1v) is 9.35. The molecule has 140 valence electrons. The molecule has 1 aliphatic carbocycles. The number of rotatable bonds is 4. The largest absolute Gasteiger partial charge is 0.351 e. The number of nitrogens with zero attached hydrogens (tertiary/aromatic N) is 5. The van der Waals surface area contributed by atoms with Crippen molar-refractivity contribution in [3.8, 4) is 5.82 Å². The van der Waals surface area contributed by atoms with Gasteiger partial charge in [-0.05, 0) is 31.7 Å². The minimum atomic E-state index is 0.140. The topological polar surface area (TPSA) is 75.9 Å². The van der Waals surface area contributed by atoms with Crippen molar-refractivity contribution in [3.63, 3.8) is 0 Å². The fourth-order valence-electron chi connectivity index (χ4n) is 3.72. The number of benzene rings is 1. The van der Waals surface area contributed by atoms with Crippen molar-refractivity contribution in [1.29, 1.82) is 0 Å². The Morgan fingerprint density at radius 1 is 1.15 bits per heavy atom. The van der Waals surface area contributed by atoms with Gasteiger partial charge in [0.05, 0.1) is 11.7 Å². The molecule has 0 atom stereocenters. The molecule has 1 aliphatic rings. The molecule has 2 aromatic heterocycles. The molecule has 2 heterocycles. The zero-order valence-corrected chi connectivity index (χ0v) is 15.7. The van der Waals surface area contributed by atoms with Gasteiger partial charge in [0.25, 0.3) is 0 Å². The summed E-state index contributed by atoms with van der Waals surface area (Å²) in [6.45, 7) is 0. The number of amides is 1. The zero-order valence-electron chi connectivity index (χ0n) is 15.7. The lowest BCUT2D eigenvalue weighted by atomic mass is 9.85. The van der Waals surface area contributed by atoms with Crippen LogP contribution in [0.3, 0.4) is 0 Å². The third kappa shape index (κ3) is 3.63. The van der Waals surface area contributed by atoms with E-state index in [0.29, 0.717) is 12.0 Å².